The van der Waals surface area contributed by atoms with Gasteiger partial charge in [-0.15, -0.1) is 0 Å². The molecule has 6 heteroatoms. The Bertz CT molecular complexity index is 337. The number of hydrogen-bond acceptors (Lipinski definition) is 6. The molecule has 3 saturated heterocycles. The molecule has 3 unspecified atom stereocenters. The van der Waals surface area contributed by atoms with E-state index in [1.807, 2.05) is 0 Å². The number of epoxide rings is 3. The summed E-state index contributed by atoms with van der Waals surface area (Å²) in [4.78, 5) is 0. The van der Waals surface area contributed by atoms with Crippen molar-refractivity contribution in [2.45, 2.75) is 25.2 Å². The fourth-order valence-corrected chi connectivity index (χ4v) is 1.85. The molecule has 120 valence electrons. The second-order valence-corrected chi connectivity index (χ2v) is 5.80. The standard InChI is InChI=1S/C15H24O6/c1-11(2-16-5-13-8-19-13)12(3-17-6-14-9-20-14)4-18-7-15-10-21-15/h13-15H,2-10H2,1H3. The molecule has 0 aromatic heterocycles. The zero-order valence-corrected chi connectivity index (χ0v) is 12.5. The predicted octanol–water partition coefficient (Wildman–Crippen LogP) is 0.549. The van der Waals surface area contributed by atoms with E-state index < -0.39 is 0 Å². The van der Waals surface area contributed by atoms with Gasteiger partial charge in [0, 0.05) is 0 Å². The molecule has 3 atom stereocenters. The number of ether oxygens (including phenoxy) is 6. The van der Waals surface area contributed by atoms with Crippen LogP contribution in [0, 0.1) is 0 Å². The topological polar surface area (TPSA) is 65.3 Å². The highest BCUT2D eigenvalue weighted by Gasteiger charge is 2.24. The largest absolute Gasteiger partial charge is 0.374 e. The third-order valence-electron chi connectivity index (χ3n) is 3.59. The molecular weight excluding hydrogens is 276 g/mol. The van der Waals surface area contributed by atoms with E-state index in [-0.39, 0.29) is 12.2 Å². The van der Waals surface area contributed by atoms with Crippen LogP contribution in [0.4, 0.5) is 0 Å². The van der Waals surface area contributed by atoms with E-state index in [1.165, 1.54) is 5.57 Å². The fourth-order valence-electron chi connectivity index (χ4n) is 1.85. The molecule has 0 N–H and O–H groups in total. The minimum Gasteiger partial charge on any atom is -0.374 e. The van der Waals surface area contributed by atoms with Crippen LogP contribution in [-0.2, 0) is 28.4 Å². The van der Waals surface area contributed by atoms with Gasteiger partial charge in [-0.25, -0.2) is 0 Å². The van der Waals surface area contributed by atoms with Crippen LogP contribution in [-0.4, -0.2) is 77.8 Å². The first-order valence-corrected chi connectivity index (χ1v) is 7.57. The lowest BCUT2D eigenvalue weighted by Crippen LogP contribution is -2.15. The van der Waals surface area contributed by atoms with Crippen molar-refractivity contribution in [3.05, 3.63) is 11.1 Å². The number of rotatable bonds is 12. The van der Waals surface area contributed by atoms with Crippen molar-refractivity contribution in [1.82, 2.24) is 0 Å². The van der Waals surface area contributed by atoms with Gasteiger partial charge in [0.2, 0.25) is 0 Å². The van der Waals surface area contributed by atoms with Gasteiger partial charge in [-0.3, -0.25) is 0 Å². The van der Waals surface area contributed by atoms with Crippen molar-refractivity contribution in [2.75, 3.05) is 59.5 Å². The van der Waals surface area contributed by atoms with Crippen LogP contribution >= 0.6 is 0 Å². The quantitative estimate of drug-likeness (QED) is 0.387. The van der Waals surface area contributed by atoms with Crippen LogP contribution in [0.25, 0.3) is 0 Å². The summed E-state index contributed by atoms with van der Waals surface area (Å²) in [5.74, 6) is 0. The number of hydrogen-bond donors (Lipinski definition) is 0. The summed E-state index contributed by atoms with van der Waals surface area (Å²) >= 11 is 0. The van der Waals surface area contributed by atoms with Crippen LogP contribution in [0.15, 0.2) is 11.1 Å². The zero-order valence-electron chi connectivity index (χ0n) is 12.5. The molecule has 0 amide bonds. The average molecular weight is 300 g/mol. The molecule has 21 heavy (non-hydrogen) atoms. The van der Waals surface area contributed by atoms with Gasteiger partial charge < -0.3 is 28.4 Å². The Morgan fingerprint density at radius 2 is 1.14 bits per heavy atom. The fraction of sp³-hybridized carbons (Fsp3) is 0.867. The summed E-state index contributed by atoms with van der Waals surface area (Å²) < 4.78 is 32.4. The van der Waals surface area contributed by atoms with E-state index in [4.69, 9.17) is 28.4 Å². The molecule has 0 aromatic rings. The summed E-state index contributed by atoms with van der Waals surface area (Å²) in [5, 5.41) is 0. The molecule has 0 radical (unpaired) electrons. The predicted molar refractivity (Wildman–Crippen MR) is 74.4 cm³/mol. The second kappa shape index (κ2) is 7.67. The van der Waals surface area contributed by atoms with Gasteiger partial charge >= 0.3 is 0 Å². The zero-order chi connectivity index (χ0) is 14.5. The van der Waals surface area contributed by atoms with Crippen molar-refractivity contribution in [3.8, 4) is 0 Å². The van der Waals surface area contributed by atoms with Crippen molar-refractivity contribution >= 4 is 0 Å². The Morgan fingerprint density at radius 1 is 0.762 bits per heavy atom. The van der Waals surface area contributed by atoms with E-state index in [1.54, 1.807) is 0 Å². The van der Waals surface area contributed by atoms with E-state index in [2.05, 4.69) is 6.92 Å². The van der Waals surface area contributed by atoms with Crippen molar-refractivity contribution in [1.29, 1.82) is 0 Å². The summed E-state index contributed by atoms with van der Waals surface area (Å²) in [6, 6.07) is 0. The first-order chi connectivity index (χ1) is 10.3. The smallest absolute Gasteiger partial charge is 0.104 e. The highest BCUT2D eigenvalue weighted by atomic mass is 16.6. The van der Waals surface area contributed by atoms with E-state index in [0.29, 0.717) is 45.7 Å². The van der Waals surface area contributed by atoms with E-state index >= 15 is 0 Å². The van der Waals surface area contributed by atoms with Gasteiger partial charge in [0.1, 0.15) is 18.3 Å². The minimum atomic E-state index is 0.288. The monoisotopic (exact) mass is 300 g/mol. The molecule has 3 rings (SSSR count). The third kappa shape index (κ3) is 6.42. The van der Waals surface area contributed by atoms with Gasteiger partial charge in [-0.05, 0) is 18.1 Å². The maximum absolute atomic E-state index is 5.68. The Hall–Kier alpha value is -0.500. The molecule has 0 saturated carbocycles. The van der Waals surface area contributed by atoms with Crippen LogP contribution in [0.2, 0.25) is 0 Å². The highest BCUT2D eigenvalue weighted by molar-refractivity contribution is 5.14. The Kier molecular flexibility index (Phi) is 5.62. The molecule has 0 aromatic carbocycles. The molecule has 0 bridgehead atoms. The van der Waals surface area contributed by atoms with Crippen molar-refractivity contribution in [3.63, 3.8) is 0 Å². The van der Waals surface area contributed by atoms with Crippen LogP contribution < -0.4 is 0 Å². The molecule has 0 aliphatic carbocycles. The maximum atomic E-state index is 5.68. The summed E-state index contributed by atoms with van der Waals surface area (Å²) in [6.45, 7) is 8.23. The molecular formula is C15H24O6. The molecule has 3 heterocycles. The normalized spacial score (nSPS) is 29.3. The summed E-state index contributed by atoms with van der Waals surface area (Å²) in [5.41, 5.74) is 2.32. The third-order valence-corrected chi connectivity index (χ3v) is 3.59. The van der Waals surface area contributed by atoms with Crippen LogP contribution in [0.5, 0.6) is 0 Å². The highest BCUT2D eigenvalue weighted by Crippen LogP contribution is 2.14. The van der Waals surface area contributed by atoms with E-state index in [0.717, 1.165) is 25.4 Å². The van der Waals surface area contributed by atoms with Crippen molar-refractivity contribution < 1.29 is 28.4 Å². The maximum Gasteiger partial charge on any atom is 0.104 e. The summed E-state index contributed by atoms with van der Waals surface area (Å²) in [7, 11) is 0. The first kappa shape index (κ1) is 15.4. The molecule has 6 nitrogen and oxygen atoms in total. The second-order valence-electron chi connectivity index (χ2n) is 5.80. The lowest BCUT2D eigenvalue weighted by molar-refractivity contribution is 0.0971. The van der Waals surface area contributed by atoms with Gasteiger partial charge in [-0.1, -0.05) is 0 Å². The Morgan fingerprint density at radius 3 is 1.52 bits per heavy atom. The molecule has 3 aliphatic rings. The van der Waals surface area contributed by atoms with Crippen LogP contribution in [0.3, 0.4) is 0 Å². The Labute approximate surface area is 125 Å². The molecule has 3 aliphatic heterocycles. The van der Waals surface area contributed by atoms with Crippen molar-refractivity contribution in [2.24, 2.45) is 0 Å². The lowest BCUT2D eigenvalue weighted by atomic mass is 10.1. The van der Waals surface area contributed by atoms with Crippen LogP contribution in [0.1, 0.15) is 6.92 Å². The van der Waals surface area contributed by atoms with Gasteiger partial charge in [-0.2, -0.15) is 0 Å². The average Bonchev–Trinajstić information content (AvgIpc) is 3.33. The van der Waals surface area contributed by atoms with Gasteiger partial charge in [0.15, 0.2) is 0 Å². The summed E-state index contributed by atoms with van der Waals surface area (Å²) in [6.07, 6.45) is 0.874. The lowest BCUT2D eigenvalue weighted by Gasteiger charge is -2.13. The molecule has 3 fully saturated rings. The van der Waals surface area contributed by atoms with Gasteiger partial charge in [0.05, 0.1) is 59.5 Å². The van der Waals surface area contributed by atoms with E-state index in [9.17, 15) is 0 Å². The van der Waals surface area contributed by atoms with Gasteiger partial charge in [0.25, 0.3) is 0 Å². The molecule has 0 spiro atoms. The Balaban J connectivity index is 1.39. The first-order valence-electron chi connectivity index (χ1n) is 7.57. The minimum absolute atomic E-state index is 0.288. The SMILES string of the molecule is CC(COCC1CO1)=C(COCC1CO1)COCC1CO1.